The van der Waals surface area contributed by atoms with Crippen molar-refractivity contribution in [1.82, 2.24) is 20.9 Å². The Kier molecular flexibility index (Phi) is 12.1. The zero-order valence-electron chi connectivity index (χ0n) is 24.8. The molecule has 5 atom stereocenters. The molecule has 0 spiro atoms. The predicted molar refractivity (Wildman–Crippen MR) is 160 cm³/mol. The average molecular weight is 637 g/mol. The zero-order valence-corrected chi connectivity index (χ0v) is 25.6. The van der Waals surface area contributed by atoms with E-state index in [1.54, 1.807) is 37.3 Å². The number of carbonyl (C=O) groups excluding carboxylic acids is 3. The maximum atomic E-state index is 16.3. The fourth-order valence-corrected chi connectivity index (χ4v) is 5.76. The quantitative estimate of drug-likeness (QED) is 0.214. The zero-order chi connectivity index (χ0) is 32.6. The van der Waals surface area contributed by atoms with Gasteiger partial charge >= 0.3 is 6.09 Å². The van der Waals surface area contributed by atoms with Crippen molar-refractivity contribution in [3.63, 3.8) is 0 Å². The first-order valence-electron chi connectivity index (χ1n) is 14.5. The number of nitrogens with one attached hydrogen (secondary N) is 3. The summed E-state index contributed by atoms with van der Waals surface area (Å²) in [7, 11) is 0. The molecule has 0 bridgehead atoms. The number of carbonyl (C=O) groups is 4. The number of halogens is 3. The highest BCUT2D eigenvalue weighted by atomic mass is 35.5. The SMILES string of the molecule is CCNC(=O)C(O)[C@H](C[C@@H]1CCNC1=O)NC(=O)[C@H](Cc1ccccc1)N(C(=O)O)C(C(C)C)C(F)(F)c1cccc(Cl)c1. The van der Waals surface area contributed by atoms with E-state index >= 15 is 8.78 Å². The van der Waals surface area contributed by atoms with E-state index in [1.165, 1.54) is 26.0 Å². The van der Waals surface area contributed by atoms with Crippen LogP contribution in [0.4, 0.5) is 13.6 Å². The Morgan fingerprint density at radius 2 is 1.80 bits per heavy atom. The molecule has 44 heavy (non-hydrogen) atoms. The van der Waals surface area contributed by atoms with Gasteiger partial charge in [-0.3, -0.25) is 19.3 Å². The Morgan fingerprint density at radius 3 is 2.34 bits per heavy atom. The topological polar surface area (TPSA) is 148 Å². The van der Waals surface area contributed by atoms with E-state index < -0.39 is 65.5 Å². The second-order valence-corrected chi connectivity index (χ2v) is 11.6. The highest BCUT2D eigenvalue weighted by Crippen LogP contribution is 2.40. The third-order valence-electron chi connectivity index (χ3n) is 7.67. The number of aliphatic hydroxyl groups is 1. The predicted octanol–water partition coefficient (Wildman–Crippen LogP) is 3.56. The molecule has 0 aromatic heterocycles. The summed E-state index contributed by atoms with van der Waals surface area (Å²) in [4.78, 5) is 52.3. The molecule has 1 aliphatic rings. The van der Waals surface area contributed by atoms with Gasteiger partial charge in [-0.2, -0.15) is 8.78 Å². The van der Waals surface area contributed by atoms with Gasteiger partial charge in [-0.1, -0.05) is 67.9 Å². The molecular formula is C31H39ClF2N4O6. The maximum Gasteiger partial charge on any atom is 0.408 e. The molecule has 240 valence electrons. The van der Waals surface area contributed by atoms with Crippen LogP contribution in [0.3, 0.4) is 0 Å². The van der Waals surface area contributed by atoms with Crippen LogP contribution in [0.25, 0.3) is 0 Å². The number of amides is 4. The van der Waals surface area contributed by atoms with Crippen molar-refractivity contribution in [2.75, 3.05) is 13.1 Å². The standard InChI is InChI=1S/C31H39ClF2N4O6/c1-4-35-29(42)25(39)23(16-20-13-14-36-27(20)40)37-28(41)24(15-19-9-6-5-7-10-19)38(30(43)44)26(18(2)3)31(33,34)21-11-8-12-22(32)17-21/h5-12,17-18,20,23-26,39H,4,13-16H2,1-3H3,(H,35,42)(H,36,40)(H,37,41)(H,43,44)/t20-,23-,24-,25?,26?/m0/s1. The van der Waals surface area contributed by atoms with Gasteiger partial charge in [-0.25, -0.2) is 4.79 Å². The number of aliphatic hydroxyl groups excluding tert-OH is 1. The molecule has 4 amide bonds. The molecule has 3 rings (SSSR count). The number of nitrogens with zero attached hydrogens (tertiary/aromatic N) is 1. The summed E-state index contributed by atoms with van der Waals surface area (Å²) < 4.78 is 32.6. The van der Waals surface area contributed by atoms with Crippen molar-refractivity contribution in [2.45, 2.75) is 70.2 Å². The van der Waals surface area contributed by atoms with Crippen molar-refractivity contribution in [1.29, 1.82) is 0 Å². The van der Waals surface area contributed by atoms with Crippen LogP contribution in [-0.2, 0) is 26.7 Å². The third-order valence-corrected chi connectivity index (χ3v) is 7.91. The molecule has 1 heterocycles. The first kappa shape index (κ1) is 34.7. The van der Waals surface area contributed by atoms with Crippen LogP contribution in [0.5, 0.6) is 0 Å². The second-order valence-electron chi connectivity index (χ2n) is 11.2. The van der Waals surface area contributed by atoms with Crippen molar-refractivity contribution in [3.05, 3.63) is 70.7 Å². The van der Waals surface area contributed by atoms with E-state index in [2.05, 4.69) is 16.0 Å². The van der Waals surface area contributed by atoms with E-state index in [-0.39, 0.29) is 30.3 Å². The Hall–Kier alpha value is -3.77. The minimum atomic E-state index is -3.78. The molecule has 13 heteroatoms. The summed E-state index contributed by atoms with van der Waals surface area (Å²) in [6.07, 6.45) is -3.59. The van der Waals surface area contributed by atoms with Crippen LogP contribution in [0.2, 0.25) is 5.02 Å². The molecule has 1 aliphatic heterocycles. The molecule has 1 saturated heterocycles. The lowest BCUT2D eigenvalue weighted by molar-refractivity contribution is -0.140. The molecule has 5 N–H and O–H groups in total. The first-order chi connectivity index (χ1) is 20.8. The van der Waals surface area contributed by atoms with Crippen molar-refractivity contribution >= 4 is 35.4 Å². The van der Waals surface area contributed by atoms with Crippen LogP contribution in [0.1, 0.15) is 44.7 Å². The summed E-state index contributed by atoms with van der Waals surface area (Å²) in [6, 6.07) is 8.17. The Labute approximate surface area is 260 Å². The monoisotopic (exact) mass is 636 g/mol. The van der Waals surface area contributed by atoms with Gasteiger partial charge in [0, 0.05) is 36.0 Å². The van der Waals surface area contributed by atoms with E-state index in [9.17, 15) is 29.4 Å². The summed E-state index contributed by atoms with van der Waals surface area (Å²) in [5.74, 6) is -7.53. The van der Waals surface area contributed by atoms with Crippen LogP contribution in [0.15, 0.2) is 54.6 Å². The van der Waals surface area contributed by atoms with E-state index in [0.717, 1.165) is 12.1 Å². The van der Waals surface area contributed by atoms with Gasteiger partial charge in [0.2, 0.25) is 11.8 Å². The van der Waals surface area contributed by atoms with Crippen LogP contribution >= 0.6 is 11.6 Å². The van der Waals surface area contributed by atoms with Gasteiger partial charge < -0.3 is 26.2 Å². The van der Waals surface area contributed by atoms with Crippen molar-refractivity contribution < 1.29 is 38.2 Å². The molecule has 0 radical (unpaired) electrons. The first-order valence-corrected chi connectivity index (χ1v) is 14.9. The molecule has 2 unspecified atom stereocenters. The maximum absolute atomic E-state index is 16.3. The molecular weight excluding hydrogens is 598 g/mol. The van der Waals surface area contributed by atoms with Crippen LogP contribution < -0.4 is 16.0 Å². The summed E-state index contributed by atoms with van der Waals surface area (Å²) in [6.45, 7) is 5.04. The number of hydrogen-bond donors (Lipinski definition) is 5. The lowest BCUT2D eigenvalue weighted by atomic mass is 9.88. The highest BCUT2D eigenvalue weighted by molar-refractivity contribution is 6.30. The average Bonchev–Trinajstić information content (AvgIpc) is 3.38. The van der Waals surface area contributed by atoms with E-state index in [4.69, 9.17) is 11.6 Å². The lowest BCUT2D eigenvalue weighted by Crippen LogP contribution is -2.62. The van der Waals surface area contributed by atoms with Gasteiger partial charge in [0.25, 0.3) is 11.8 Å². The third kappa shape index (κ3) is 8.44. The summed E-state index contributed by atoms with van der Waals surface area (Å²) in [5.41, 5.74) is -0.0333. The van der Waals surface area contributed by atoms with Crippen molar-refractivity contribution in [3.8, 4) is 0 Å². The fourth-order valence-electron chi connectivity index (χ4n) is 5.57. The van der Waals surface area contributed by atoms with Gasteiger partial charge in [-0.15, -0.1) is 0 Å². The molecule has 2 aromatic rings. The van der Waals surface area contributed by atoms with Gasteiger partial charge in [0.05, 0.1) is 6.04 Å². The number of alkyl halides is 2. The van der Waals surface area contributed by atoms with Gasteiger partial charge in [0.1, 0.15) is 12.1 Å². The Balaban J connectivity index is 2.08. The van der Waals surface area contributed by atoms with Crippen LogP contribution in [0, 0.1) is 11.8 Å². The highest BCUT2D eigenvalue weighted by Gasteiger charge is 2.52. The minimum Gasteiger partial charge on any atom is -0.465 e. The largest absolute Gasteiger partial charge is 0.465 e. The second kappa shape index (κ2) is 15.3. The van der Waals surface area contributed by atoms with E-state index in [0.29, 0.717) is 23.4 Å². The lowest BCUT2D eigenvalue weighted by Gasteiger charge is -2.42. The molecule has 2 aromatic carbocycles. The summed E-state index contributed by atoms with van der Waals surface area (Å²) >= 11 is 6.00. The van der Waals surface area contributed by atoms with E-state index in [1.807, 2.05) is 0 Å². The Morgan fingerprint density at radius 1 is 1.11 bits per heavy atom. The minimum absolute atomic E-state index is 0.0308. The molecule has 0 aliphatic carbocycles. The van der Waals surface area contributed by atoms with Gasteiger partial charge in [0.15, 0.2) is 6.10 Å². The number of carboxylic acid groups (broad SMARTS) is 1. The smallest absolute Gasteiger partial charge is 0.408 e. The van der Waals surface area contributed by atoms with Gasteiger partial charge in [-0.05, 0) is 43.4 Å². The number of likely N-dealkylation sites (N-methyl/N-ethyl adjacent to an activating group) is 1. The van der Waals surface area contributed by atoms with Crippen molar-refractivity contribution in [2.24, 2.45) is 11.8 Å². The number of rotatable bonds is 14. The Bertz CT molecular complexity index is 1320. The molecule has 1 fully saturated rings. The normalized spacial score (nSPS) is 17.7. The molecule has 10 nitrogen and oxygen atoms in total. The molecule has 0 saturated carbocycles. The number of hydrogen-bond acceptors (Lipinski definition) is 5. The van der Waals surface area contributed by atoms with Crippen LogP contribution in [-0.4, -0.2) is 76.2 Å². The summed E-state index contributed by atoms with van der Waals surface area (Å²) in [5, 5.41) is 29.1. The fraction of sp³-hybridized carbons (Fsp3) is 0.484. The number of benzene rings is 2.